The van der Waals surface area contributed by atoms with Crippen molar-refractivity contribution in [3.8, 4) is 5.88 Å². The molecule has 134 valence electrons. The van der Waals surface area contributed by atoms with Crippen LogP contribution >= 0.6 is 0 Å². The molecule has 1 saturated heterocycles. The first-order valence-electron chi connectivity index (χ1n) is 8.12. The van der Waals surface area contributed by atoms with Gasteiger partial charge in [-0.2, -0.15) is 5.10 Å². The first kappa shape index (κ1) is 17.8. The Balaban J connectivity index is 1.56. The highest BCUT2D eigenvalue weighted by atomic mass is 32.2. The Morgan fingerprint density at radius 1 is 1.20 bits per heavy atom. The fourth-order valence-corrected chi connectivity index (χ4v) is 4.33. The summed E-state index contributed by atoms with van der Waals surface area (Å²) < 4.78 is 45.5. The van der Waals surface area contributed by atoms with Crippen LogP contribution in [0.3, 0.4) is 0 Å². The number of halogens is 1. The van der Waals surface area contributed by atoms with E-state index in [2.05, 4.69) is 10.2 Å². The molecule has 25 heavy (non-hydrogen) atoms. The first-order chi connectivity index (χ1) is 11.9. The summed E-state index contributed by atoms with van der Waals surface area (Å²) in [5.41, 5.74) is 1.26. The summed E-state index contributed by atoms with van der Waals surface area (Å²) in [6.07, 6.45) is 1.08. The number of benzene rings is 1. The Bertz CT molecular complexity index is 819. The molecule has 1 fully saturated rings. The summed E-state index contributed by atoms with van der Waals surface area (Å²) in [4.78, 5) is 0. The lowest BCUT2D eigenvalue weighted by atomic mass is 10.1. The van der Waals surface area contributed by atoms with Crippen LogP contribution in [-0.4, -0.2) is 42.1 Å². The number of ether oxygens (including phenoxy) is 1. The summed E-state index contributed by atoms with van der Waals surface area (Å²) in [7, 11) is -3.47. The number of nitrogens with zero attached hydrogens (tertiary/aromatic N) is 3. The third-order valence-electron chi connectivity index (χ3n) is 4.09. The van der Waals surface area contributed by atoms with E-state index in [1.807, 2.05) is 13.0 Å². The van der Waals surface area contributed by atoms with E-state index >= 15 is 0 Å². The standard InChI is InChI=1S/C17H20FN3O3S/c1-13-5-6-17(20-19-13)24-16-7-9-21(10-8-16)25(22,23)12-14-3-2-4-15(18)11-14/h2-6,11,16H,7-10,12H2,1H3. The number of aromatic nitrogens is 2. The van der Waals surface area contributed by atoms with Crippen LogP contribution in [0, 0.1) is 12.7 Å². The Hall–Kier alpha value is -2.06. The fourth-order valence-electron chi connectivity index (χ4n) is 2.78. The lowest BCUT2D eigenvalue weighted by Crippen LogP contribution is -2.42. The van der Waals surface area contributed by atoms with Gasteiger partial charge in [0.2, 0.25) is 15.9 Å². The Labute approximate surface area is 146 Å². The van der Waals surface area contributed by atoms with Gasteiger partial charge in [-0.1, -0.05) is 12.1 Å². The maximum atomic E-state index is 13.2. The van der Waals surface area contributed by atoms with Gasteiger partial charge in [-0.15, -0.1) is 5.10 Å². The predicted octanol–water partition coefficient (Wildman–Crippen LogP) is 2.30. The maximum Gasteiger partial charge on any atom is 0.233 e. The van der Waals surface area contributed by atoms with Crippen molar-refractivity contribution in [2.24, 2.45) is 0 Å². The van der Waals surface area contributed by atoms with Crippen molar-refractivity contribution in [3.63, 3.8) is 0 Å². The van der Waals surface area contributed by atoms with E-state index < -0.39 is 15.8 Å². The second kappa shape index (κ2) is 7.45. The summed E-state index contributed by atoms with van der Waals surface area (Å²) in [6.45, 7) is 2.60. The lowest BCUT2D eigenvalue weighted by Gasteiger charge is -2.31. The number of aryl methyl sites for hydroxylation is 1. The van der Waals surface area contributed by atoms with Crippen LogP contribution in [0.5, 0.6) is 5.88 Å². The SMILES string of the molecule is Cc1ccc(OC2CCN(S(=O)(=O)Cc3cccc(F)c3)CC2)nn1. The molecule has 0 unspecified atom stereocenters. The molecule has 0 N–H and O–H groups in total. The van der Waals surface area contributed by atoms with Crippen molar-refractivity contribution >= 4 is 10.0 Å². The number of hydrogen-bond donors (Lipinski definition) is 0. The zero-order valence-electron chi connectivity index (χ0n) is 13.9. The Morgan fingerprint density at radius 3 is 2.60 bits per heavy atom. The third kappa shape index (κ3) is 4.73. The minimum atomic E-state index is -3.47. The van der Waals surface area contributed by atoms with Gasteiger partial charge in [-0.25, -0.2) is 17.1 Å². The van der Waals surface area contributed by atoms with Crippen molar-refractivity contribution in [1.29, 1.82) is 0 Å². The quantitative estimate of drug-likeness (QED) is 0.813. The van der Waals surface area contributed by atoms with E-state index in [0.717, 1.165) is 5.69 Å². The third-order valence-corrected chi connectivity index (χ3v) is 5.94. The van der Waals surface area contributed by atoms with Crippen LogP contribution in [0.2, 0.25) is 0 Å². The maximum absolute atomic E-state index is 13.2. The smallest absolute Gasteiger partial charge is 0.233 e. The van der Waals surface area contributed by atoms with Crippen molar-refractivity contribution in [2.75, 3.05) is 13.1 Å². The number of sulfonamides is 1. The molecule has 0 spiro atoms. The first-order valence-corrected chi connectivity index (χ1v) is 9.72. The lowest BCUT2D eigenvalue weighted by molar-refractivity contribution is 0.128. The van der Waals surface area contributed by atoms with Gasteiger partial charge in [-0.05, 0) is 43.5 Å². The van der Waals surface area contributed by atoms with E-state index in [-0.39, 0.29) is 11.9 Å². The van der Waals surface area contributed by atoms with Gasteiger partial charge < -0.3 is 4.74 Å². The molecular formula is C17H20FN3O3S. The molecule has 6 nitrogen and oxygen atoms in total. The van der Waals surface area contributed by atoms with Crippen molar-refractivity contribution < 1.29 is 17.5 Å². The average Bonchev–Trinajstić information content (AvgIpc) is 2.57. The second-order valence-corrected chi connectivity index (χ2v) is 8.08. The van der Waals surface area contributed by atoms with Crippen LogP contribution in [0.1, 0.15) is 24.1 Å². The molecule has 0 saturated carbocycles. The zero-order chi connectivity index (χ0) is 17.9. The van der Waals surface area contributed by atoms with Gasteiger partial charge in [0.05, 0.1) is 11.4 Å². The number of rotatable bonds is 5. The monoisotopic (exact) mass is 365 g/mol. The molecule has 8 heteroatoms. The molecule has 0 bridgehead atoms. The van der Waals surface area contributed by atoms with Crippen LogP contribution < -0.4 is 4.74 Å². The molecule has 1 aromatic carbocycles. The van der Waals surface area contributed by atoms with Gasteiger partial charge in [0, 0.05) is 19.2 Å². The Morgan fingerprint density at radius 2 is 1.96 bits per heavy atom. The molecule has 1 aromatic heterocycles. The molecule has 2 aromatic rings. The highest BCUT2D eigenvalue weighted by Gasteiger charge is 2.29. The second-order valence-electron chi connectivity index (χ2n) is 6.12. The minimum absolute atomic E-state index is 0.0855. The number of piperidine rings is 1. The summed E-state index contributed by atoms with van der Waals surface area (Å²) in [6, 6.07) is 9.27. The molecule has 1 aliphatic rings. The molecular weight excluding hydrogens is 345 g/mol. The van der Waals surface area contributed by atoms with Crippen molar-refractivity contribution in [3.05, 3.63) is 53.5 Å². The molecule has 0 atom stereocenters. The van der Waals surface area contributed by atoms with E-state index in [1.54, 1.807) is 12.1 Å². The van der Waals surface area contributed by atoms with Gasteiger partial charge in [-0.3, -0.25) is 0 Å². The average molecular weight is 365 g/mol. The molecule has 0 aliphatic carbocycles. The zero-order valence-corrected chi connectivity index (χ0v) is 14.7. The van der Waals surface area contributed by atoms with Crippen LogP contribution in [0.25, 0.3) is 0 Å². The normalized spacial score (nSPS) is 16.7. The van der Waals surface area contributed by atoms with Gasteiger partial charge in [0.1, 0.15) is 11.9 Å². The highest BCUT2D eigenvalue weighted by molar-refractivity contribution is 7.88. The molecule has 0 amide bonds. The largest absolute Gasteiger partial charge is 0.473 e. The molecule has 3 rings (SSSR count). The van der Waals surface area contributed by atoms with Crippen LogP contribution in [0.15, 0.2) is 36.4 Å². The Kier molecular flexibility index (Phi) is 5.29. The van der Waals surface area contributed by atoms with Gasteiger partial charge >= 0.3 is 0 Å². The summed E-state index contributed by atoms with van der Waals surface area (Å²) >= 11 is 0. The summed E-state index contributed by atoms with van der Waals surface area (Å²) in [5.74, 6) is -0.176. The van der Waals surface area contributed by atoms with Gasteiger partial charge in [0.15, 0.2) is 0 Å². The topological polar surface area (TPSA) is 72.4 Å². The van der Waals surface area contributed by atoms with E-state index in [9.17, 15) is 12.8 Å². The predicted molar refractivity (Wildman–Crippen MR) is 91.0 cm³/mol. The highest BCUT2D eigenvalue weighted by Crippen LogP contribution is 2.21. The molecule has 2 heterocycles. The summed E-state index contributed by atoms with van der Waals surface area (Å²) in [5, 5.41) is 7.91. The van der Waals surface area contributed by atoms with Crippen molar-refractivity contribution in [2.45, 2.75) is 31.6 Å². The van der Waals surface area contributed by atoms with Gasteiger partial charge in [0.25, 0.3) is 0 Å². The minimum Gasteiger partial charge on any atom is -0.473 e. The van der Waals surface area contributed by atoms with E-state index in [1.165, 1.54) is 22.5 Å². The van der Waals surface area contributed by atoms with E-state index in [0.29, 0.717) is 37.4 Å². The molecule has 0 radical (unpaired) electrons. The van der Waals surface area contributed by atoms with Crippen LogP contribution in [-0.2, 0) is 15.8 Å². The van der Waals surface area contributed by atoms with E-state index in [4.69, 9.17) is 4.74 Å². The fraction of sp³-hybridized carbons (Fsp3) is 0.412. The molecule has 1 aliphatic heterocycles. The number of hydrogen-bond acceptors (Lipinski definition) is 5. The van der Waals surface area contributed by atoms with Crippen molar-refractivity contribution in [1.82, 2.24) is 14.5 Å². The van der Waals surface area contributed by atoms with Crippen LogP contribution in [0.4, 0.5) is 4.39 Å².